The number of fused-ring (bicyclic) bond motifs is 1. The fourth-order valence-corrected chi connectivity index (χ4v) is 2.21. The Morgan fingerprint density at radius 3 is 2.70 bits per heavy atom. The number of benzene rings is 2. The van der Waals surface area contributed by atoms with E-state index in [1.165, 1.54) is 0 Å². The van der Waals surface area contributed by atoms with Crippen LogP contribution in [0.3, 0.4) is 0 Å². The van der Waals surface area contributed by atoms with E-state index in [1.54, 1.807) is 19.2 Å². The maximum absolute atomic E-state index is 12.3. The normalized spacial score (nSPS) is 10.7. The summed E-state index contributed by atoms with van der Waals surface area (Å²) in [5.74, 6) is 0.542. The lowest BCUT2D eigenvalue weighted by Crippen LogP contribution is -2.10. The molecule has 3 aromatic rings. The van der Waals surface area contributed by atoms with E-state index in [0.717, 1.165) is 11.1 Å². The first kappa shape index (κ1) is 15.1. The highest BCUT2D eigenvalue weighted by Gasteiger charge is 2.15. The standard InChI is InChI=1S/C18H17NO4/c1-21-10-11-22-15-9-5-6-13-12-16(23-17(13)15)18(20)19-14-7-3-2-4-8-14/h2-9,12H,10-11H2,1H3,(H,19,20). The van der Waals surface area contributed by atoms with E-state index in [1.807, 2.05) is 42.5 Å². The summed E-state index contributed by atoms with van der Waals surface area (Å²) in [5.41, 5.74) is 1.27. The minimum absolute atomic E-state index is 0.242. The van der Waals surface area contributed by atoms with Crippen LogP contribution in [-0.4, -0.2) is 26.2 Å². The highest BCUT2D eigenvalue weighted by Crippen LogP contribution is 2.29. The van der Waals surface area contributed by atoms with Gasteiger partial charge >= 0.3 is 0 Å². The third-order valence-electron chi connectivity index (χ3n) is 3.31. The fourth-order valence-electron chi connectivity index (χ4n) is 2.21. The van der Waals surface area contributed by atoms with Gasteiger partial charge in [-0.1, -0.05) is 30.3 Å². The van der Waals surface area contributed by atoms with Crippen molar-refractivity contribution in [3.8, 4) is 5.75 Å². The summed E-state index contributed by atoms with van der Waals surface area (Å²) in [6, 6.07) is 16.5. The molecule has 3 rings (SSSR count). The molecule has 0 atom stereocenters. The average Bonchev–Trinajstić information content (AvgIpc) is 3.01. The number of ether oxygens (including phenoxy) is 2. The van der Waals surface area contributed by atoms with Crippen molar-refractivity contribution < 1.29 is 18.7 Å². The monoisotopic (exact) mass is 311 g/mol. The lowest BCUT2D eigenvalue weighted by atomic mass is 10.2. The maximum Gasteiger partial charge on any atom is 0.291 e. The molecule has 0 unspecified atom stereocenters. The van der Waals surface area contributed by atoms with Gasteiger partial charge in [0.05, 0.1) is 6.61 Å². The van der Waals surface area contributed by atoms with Crippen LogP contribution < -0.4 is 10.1 Å². The first-order valence-electron chi connectivity index (χ1n) is 7.28. The molecule has 0 fully saturated rings. The molecule has 1 amide bonds. The van der Waals surface area contributed by atoms with E-state index in [-0.39, 0.29) is 11.7 Å². The zero-order valence-electron chi connectivity index (χ0n) is 12.7. The summed E-state index contributed by atoms with van der Waals surface area (Å²) >= 11 is 0. The van der Waals surface area contributed by atoms with Crippen LogP contribution in [0.15, 0.2) is 59.0 Å². The number of hydrogen-bond donors (Lipinski definition) is 1. The Morgan fingerprint density at radius 1 is 1.09 bits per heavy atom. The van der Waals surface area contributed by atoms with Crippen molar-refractivity contribution in [3.05, 3.63) is 60.4 Å². The summed E-state index contributed by atoms with van der Waals surface area (Å²) in [6.07, 6.45) is 0. The molecule has 118 valence electrons. The Hall–Kier alpha value is -2.79. The van der Waals surface area contributed by atoms with Crippen LogP contribution in [-0.2, 0) is 4.74 Å². The summed E-state index contributed by atoms with van der Waals surface area (Å²) < 4.78 is 16.3. The Labute approximate surface area is 133 Å². The molecule has 0 aliphatic heterocycles. The van der Waals surface area contributed by atoms with Crippen LogP contribution in [0.4, 0.5) is 5.69 Å². The van der Waals surface area contributed by atoms with E-state index in [2.05, 4.69) is 5.32 Å². The van der Waals surface area contributed by atoms with Crippen molar-refractivity contribution in [1.82, 2.24) is 0 Å². The predicted octanol–water partition coefficient (Wildman–Crippen LogP) is 3.71. The van der Waals surface area contributed by atoms with Gasteiger partial charge < -0.3 is 19.2 Å². The second-order valence-electron chi connectivity index (χ2n) is 4.95. The van der Waals surface area contributed by atoms with Gasteiger partial charge in [-0.25, -0.2) is 0 Å². The van der Waals surface area contributed by atoms with Crippen LogP contribution >= 0.6 is 0 Å². The number of anilines is 1. The van der Waals surface area contributed by atoms with Gasteiger partial charge in [0.2, 0.25) is 0 Å². The van der Waals surface area contributed by atoms with Crippen LogP contribution in [0.25, 0.3) is 11.0 Å². The number of para-hydroxylation sites is 2. The van der Waals surface area contributed by atoms with Crippen molar-refractivity contribution in [2.24, 2.45) is 0 Å². The molecule has 0 radical (unpaired) electrons. The van der Waals surface area contributed by atoms with Crippen molar-refractivity contribution in [3.63, 3.8) is 0 Å². The van der Waals surface area contributed by atoms with E-state index in [0.29, 0.717) is 24.5 Å². The van der Waals surface area contributed by atoms with E-state index < -0.39 is 0 Å². The number of carbonyl (C=O) groups is 1. The molecule has 0 spiro atoms. The van der Waals surface area contributed by atoms with Gasteiger partial charge in [0.25, 0.3) is 5.91 Å². The van der Waals surface area contributed by atoms with Gasteiger partial charge in [-0.05, 0) is 24.3 Å². The number of carbonyl (C=O) groups excluding carboxylic acids is 1. The van der Waals surface area contributed by atoms with Crippen LogP contribution in [0.1, 0.15) is 10.6 Å². The highest BCUT2D eigenvalue weighted by atomic mass is 16.5. The first-order chi connectivity index (χ1) is 11.3. The van der Waals surface area contributed by atoms with Gasteiger partial charge in [0, 0.05) is 18.2 Å². The number of hydrogen-bond acceptors (Lipinski definition) is 4. The van der Waals surface area contributed by atoms with Crippen molar-refractivity contribution in [1.29, 1.82) is 0 Å². The van der Waals surface area contributed by atoms with Crippen LogP contribution in [0.5, 0.6) is 5.75 Å². The quantitative estimate of drug-likeness (QED) is 0.705. The van der Waals surface area contributed by atoms with E-state index in [9.17, 15) is 4.79 Å². The fraction of sp³-hybridized carbons (Fsp3) is 0.167. The third kappa shape index (κ3) is 3.52. The molecule has 23 heavy (non-hydrogen) atoms. The van der Waals surface area contributed by atoms with Crippen molar-refractivity contribution >= 4 is 22.6 Å². The van der Waals surface area contributed by atoms with Crippen LogP contribution in [0.2, 0.25) is 0 Å². The van der Waals surface area contributed by atoms with Crippen LogP contribution in [0, 0.1) is 0 Å². The van der Waals surface area contributed by atoms with Gasteiger partial charge in [-0.15, -0.1) is 0 Å². The van der Waals surface area contributed by atoms with Crippen molar-refractivity contribution in [2.45, 2.75) is 0 Å². The molecule has 0 aliphatic rings. The molecule has 0 saturated carbocycles. The topological polar surface area (TPSA) is 60.7 Å². The molecule has 1 heterocycles. The molecular formula is C18H17NO4. The second-order valence-corrected chi connectivity index (χ2v) is 4.95. The molecule has 2 aromatic carbocycles. The second kappa shape index (κ2) is 6.98. The van der Waals surface area contributed by atoms with Gasteiger partial charge in [0.1, 0.15) is 6.61 Å². The van der Waals surface area contributed by atoms with Gasteiger partial charge in [-0.2, -0.15) is 0 Å². The molecule has 0 saturated heterocycles. The zero-order valence-corrected chi connectivity index (χ0v) is 12.7. The Morgan fingerprint density at radius 2 is 1.91 bits per heavy atom. The lowest BCUT2D eigenvalue weighted by Gasteiger charge is -2.05. The van der Waals surface area contributed by atoms with Gasteiger partial charge in [0.15, 0.2) is 17.1 Å². The molecule has 5 nitrogen and oxygen atoms in total. The highest BCUT2D eigenvalue weighted by molar-refractivity contribution is 6.05. The molecule has 1 aromatic heterocycles. The molecule has 5 heteroatoms. The van der Waals surface area contributed by atoms with Crippen molar-refractivity contribution in [2.75, 3.05) is 25.6 Å². The summed E-state index contributed by atoms with van der Waals surface area (Å²) in [6.45, 7) is 0.903. The number of methoxy groups -OCH3 is 1. The van der Waals surface area contributed by atoms with Gasteiger partial charge in [-0.3, -0.25) is 4.79 Å². The molecule has 0 aliphatic carbocycles. The SMILES string of the molecule is COCCOc1cccc2cc(C(=O)Nc3ccccc3)oc12. The minimum atomic E-state index is -0.296. The number of amides is 1. The lowest BCUT2D eigenvalue weighted by molar-refractivity contribution is 0.0998. The van der Waals surface area contributed by atoms with E-state index in [4.69, 9.17) is 13.9 Å². The van der Waals surface area contributed by atoms with E-state index >= 15 is 0 Å². The number of nitrogens with one attached hydrogen (secondary N) is 1. The average molecular weight is 311 g/mol. The number of rotatable bonds is 6. The first-order valence-corrected chi connectivity index (χ1v) is 7.28. The number of furan rings is 1. The molecule has 0 bridgehead atoms. The molecular weight excluding hydrogens is 294 g/mol. The predicted molar refractivity (Wildman–Crippen MR) is 88.0 cm³/mol. The smallest absolute Gasteiger partial charge is 0.291 e. The summed E-state index contributed by atoms with van der Waals surface area (Å²) in [4.78, 5) is 12.3. The third-order valence-corrected chi connectivity index (χ3v) is 3.31. The Balaban J connectivity index is 1.82. The summed E-state index contributed by atoms with van der Waals surface area (Å²) in [7, 11) is 1.61. The Kier molecular flexibility index (Phi) is 4.59. The maximum atomic E-state index is 12.3. The largest absolute Gasteiger partial charge is 0.487 e. The minimum Gasteiger partial charge on any atom is -0.487 e. The Bertz CT molecular complexity index is 795. The summed E-state index contributed by atoms with van der Waals surface area (Å²) in [5, 5.41) is 3.62. The zero-order chi connectivity index (χ0) is 16.1. The molecule has 1 N–H and O–H groups in total.